The highest BCUT2D eigenvalue weighted by Crippen LogP contribution is 2.34. The normalized spacial score (nSPS) is 11.9. The fourth-order valence-corrected chi connectivity index (χ4v) is 3.76. The average Bonchev–Trinajstić information content (AvgIpc) is 2.70. The molecule has 1 aliphatic carbocycles. The predicted octanol–water partition coefficient (Wildman–Crippen LogP) is 5.99. The Bertz CT molecular complexity index is 1060. The van der Waals surface area contributed by atoms with Crippen LogP contribution < -0.4 is 5.32 Å². The van der Waals surface area contributed by atoms with E-state index in [1.165, 1.54) is 11.9 Å². The van der Waals surface area contributed by atoms with E-state index in [2.05, 4.69) is 36.0 Å². The van der Waals surface area contributed by atoms with Gasteiger partial charge >= 0.3 is 0 Å². The molecule has 3 nitrogen and oxygen atoms in total. The molecule has 0 bridgehead atoms. The summed E-state index contributed by atoms with van der Waals surface area (Å²) in [5, 5.41) is 3.40. The Balaban J connectivity index is 0.00000109. The van der Waals surface area contributed by atoms with Crippen LogP contribution in [0.4, 0.5) is 11.4 Å². The largest absolute Gasteiger partial charge is 0.354 e. The molecule has 0 aliphatic heterocycles. The molecule has 142 valence electrons. The van der Waals surface area contributed by atoms with Gasteiger partial charge < -0.3 is 5.32 Å². The summed E-state index contributed by atoms with van der Waals surface area (Å²) < 4.78 is 0. The monoisotopic (exact) mass is 391 g/mol. The lowest BCUT2D eigenvalue weighted by atomic mass is 9.83. The second kappa shape index (κ2) is 7.99. The maximum absolute atomic E-state index is 13.1. The first-order chi connectivity index (χ1) is 13.5. The summed E-state index contributed by atoms with van der Waals surface area (Å²) in [4.78, 5) is 26.0. The molecule has 4 rings (SSSR count). The van der Waals surface area contributed by atoms with Gasteiger partial charge in [0.15, 0.2) is 11.6 Å². The van der Waals surface area contributed by atoms with E-state index < -0.39 is 0 Å². The SMILES string of the molecule is CCl.Cc1cc(C)c(Nc2cccc3c2C(=O)c2ccccc2C3=O)c(C)c1. The van der Waals surface area contributed by atoms with Crippen molar-refractivity contribution >= 4 is 34.5 Å². The fraction of sp³-hybridized carbons (Fsp3) is 0.167. The van der Waals surface area contributed by atoms with Crippen molar-refractivity contribution in [1.82, 2.24) is 0 Å². The molecule has 0 unspecified atom stereocenters. The van der Waals surface area contributed by atoms with Crippen LogP contribution in [0.15, 0.2) is 54.6 Å². The van der Waals surface area contributed by atoms with E-state index in [4.69, 9.17) is 0 Å². The molecule has 1 N–H and O–H groups in total. The van der Waals surface area contributed by atoms with Crippen LogP contribution in [0.25, 0.3) is 0 Å². The highest BCUT2D eigenvalue weighted by atomic mass is 35.5. The van der Waals surface area contributed by atoms with Crippen molar-refractivity contribution in [1.29, 1.82) is 0 Å². The number of benzene rings is 3. The van der Waals surface area contributed by atoms with E-state index in [1.807, 2.05) is 26.0 Å². The number of fused-ring (bicyclic) bond motifs is 2. The number of ketones is 2. The lowest BCUT2D eigenvalue weighted by Crippen LogP contribution is -2.22. The maximum atomic E-state index is 13.1. The molecule has 0 saturated heterocycles. The number of aryl methyl sites for hydroxylation is 3. The Morgan fingerprint density at radius 2 is 1.25 bits per heavy atom. The van der Waals surface area contributed by atoms with Crippen molar-refractivity contribution < 1.29 is 9.59 Å². The van der Waals surface area contributed by atoms with E-state index in [0.717, 1.165) is 16.8 Å². The zero-order valence-electron chi connectivity index (χ0n) is 16.4. The van der Waals surface area contributed by atoms with E-state index in [9.17, 15) is 9.59 Å². The molecule has 0 heterocycles. The number of alkyl halides is 1. The third-order valence-corrected chi connectivity index (χ3v) is 4.89. The van der Waals surface area contributed by atoms with Crippen LogP contribution in [-0.4, -0.2) is 17.9 Å². The molecule has 4 heteroatoms. The Labute approximate surface area is 170 Å². The number of anilines is 2. The van der Waals surface area contributed by atoms with Gasteiger partial charge in [-0.3, -0.25) is 9.59 Å². The van der Waals surface area contributed by atoms with Crippen molar-refractivity contribution in [3.05, 3.63) is 93.5 Å². The van der Waals surface area contributed by atoms with Crippen LogP contribution in [0.3, 0.4) is 0 Å². The van der Waals surface area contributed by atoms with Gasteiger partial charge in [0.1, 0.15) is 0 Å². The van der Waals surface area contributed by atoms with Crippen molar-refractivity contribution in [3.63, 3.8) is 0 Å². The summed E-state index contributed by atoms with van der Waals surface area (Å²) in [5.41, 5.74) is 6.91. The summed E-state index contributed by atoms with van der Waals surface area (Å²) in [6, 6.07) is 16.6. The maximum Gasteiger partial charge on any atom is 0.196 e. The van der Waals surface area contributed by atoms with E-state index in [0.29, 0.717) is 27.9 Å². The second-order valence-corrected chi connectivity index (χ2v) is 6.83. The van der Waals surface area contributed by atoms with Crippen molar-refractivity contribution in [3.8, 4) is 0 Å². The van der Waals surface area contributed by atoms with Gasteiger partial charge in [-0.05, 0) is 38.0 Å². The van der Waals surface area contributed by atoms with Gasteiger partial charge in [0.2, 0.25) is 0 Å². The third-order valence-electron chi connectivity index (χ3n) is 4.89. The summed E-state index contributed by atoms with van der Waals surface area (Å²) in [5.74, 6) is -0.211. The number of nitrogens with one attached hydrogen (secondary N) is 1. The lowest BCUT2D eigenvalue weighted by molar-refractivity contribution is 0.0979. The van der Waals surface area contributed by atoms with Crippen LogP contribution >= 0.6 is 11.6 Å². The average molecular weight is 392 g/mol. The Hall–Kier alpha value is -2.91. The highest BCUT2D eigenvalue weighted by molar-refractivity contribution is 6.30. The lowest BCUT2D eigenvalue weighted by Gasteiger charge is -2.22. The quantitative estimate of drug-likeness (QED) is 0.427. The highest BCUT2D eigenvalue weighted by Gasteiger charge is 2.31. The Morgan fingerprint density at radius 1 is 0.714 bits per heavy atom. The van der Waals surface area contributed by atoms with Gasteiger partial charge in [0, 0.05) is 28.8 Å². The number of halogens is 1. The fourth-order valence-electron chi connectivity index (χ4n) is 3.76. The van der Waals surface area contributed by atoms with E-state index >= 15 is 0 Å². The number of carbonyl (C=O) groups is 2. The molecule has 28 heavy (non-hydrogen) atoms. The summed E-state index contributed by atoms with van der Waals surface area (Å²) in [6.07, 6.45) is 1.47. The number of hydrogen-bond donors (Lipinski definition) is 1. The molecule has 0 saturated carbocycles. The van der Waals surface area contributed by atoms with E-state index in [1.54, 1.807) is 30.3 Å². The van der Waals surface area contributed by atoms with Crippen molar-refractivity contribution in [2.45, 2.75) is 20.8 Å². The van der Waals surface area contributed by atoms with Crippen LogP contribution in [-0.2, 0) is 0 Å². The minimum absolute atomic E-state index is 0.101. The van der Waals surface area contributed by atoms with Gasteiger partial charge in [-0.2, -0.15) is 0 Å². The molecule has 0 amide bonds. The molecule has 0 spiro atoms. The van der Waals surface area contributed by atoms with Gasteiger partial charge in [0.25, 0.3) is 0 Å². The number of hydrogen-bond acceptors (Lipinski definition) is 3. The Morgan fingerprint density at radius 3 is 1.86 bits per heavy atom. The molecular formula is C24H22ClNO2. The molecule has 3 aromatic carbocycles. The number of carbonyl (C=O) groups excluding carboxylic acids is 2. The van der Waals surface area contributed by atoms with Crippen LogP contribution in [0.1, 0.15) is 48.5 Å². The van der Waals surface area contributed by atoms with Gasteiger partial charge in [-0.15, -0.1) is 11.6 Å². The predicted molar refractivity (Wildman–Crippen MR) is 115 cm³/mol. The van der Waals surface area contributed by atoms with Crippen LogP contribution in [0.5, 0.6) is 0 Å². The van der Waals surface area contributed by atoms with Gasteiger partial charge in [-0.1, -0.05) is 54.1 Å². The zero-order chi connectivity index (χ0) is 20.4. The first kappa shape index (κ1) is 19.8. The molecule has 0 radical (unpaired) electrons. The van der Waals surface area contributed by atoms with Crippen LogP contribution in [0.2, 0.25) is 0 Å². The summed E-state index contributed by atoms with van der Waals surface area (Å²) in [7, 11) is 0. The minimum Gasteiger partial charge on any atom is -0.354 e. The van der Waals surface area contributed by atoms with Gasteiger partial charge in [0.05, 0.1) is 11.3 Å². The third kappa shape index (κ3) is 3.34. The molecule has 3 aromatic rings. The zero-order valence-corrected chi connectivity index (χ0v) is 17.1. The smallest absolute Gasteiger partial charge is 0.196 e. The first-order valence-corrected chi connectivity index (χ1v) is 9.77. The molecular weight excluding hydrogens is 370 g/mol. The molecule has 0 atom stereocenters. The topological polar surface area (TPSA) is 46.2 Å². The number of rotatable bonds is 2. The second-order valence-electron chi connectivity index (χ2n) is 6.83. The standard InChI is InChI=1S/C23H19NO2.CH3Cl/c1-13-11-14(2)21(15(3)12-13)24-19-10-6-9-18-20(19)23(26)17-8-5-4-7-16(17)22(18)25;1-2/h4-12,24H,1-3H3;1H3. The minimum atomic E-state index is -0.110. The van der Waals surface area contributed by atoms with Gasteiger partial charge in [-0.25, -0.2) is 0 Å². The molecule has 1 aliphatic rings. The van der Waals surface area contributed by atoms with Crippen molar-refractivity contribution in [2.75, 3.05) is 11.7 Å². The summed E-state index contributed by atoms with van der Waals surface area (Å²) >= 11 is 4.64. The van der Waals surface area contributed by atoms with Crippen LogP contribution in [0, 0.1) is 20.8 Å². The van der Waals surface area contributed by atoms with Crippen molar-refractivity contribution in [2.24, 2.45) is 0 Å². The summed E-state index contributed by atoms with van der Waals surface area (Å²) in [6.45, 7) is 6.15. The van der Waals surface area contributed by atoms with E-state index in [-0.39, 0.29) is 11.6 Å². The molecule has 0 aromatic heterocycles. The Kier molecular flexibility index (Phi) is 5.66. The molecule has 0 fully saturated rings. The first-order valence-electron chi connectivity index (χ1n) is 9.01.